The number of nitrogens with zero attached hydrogens (tertiary/aromatic N) is 1. The Morgan fingerprint density at radius 2 is 1.79 bits per heavy atom. The topological polar surface area (TPSA) is 50.9 Å². The van der Waals surface area contributed by atoms with E-state index in [0.717, 1.165) is 17.1 Å². The van der Waals surface area contributed by atoms with Gasteiger partial charge in [0.2, 0.25) is 0 Å². The Morgan fingerprint density at radius 3 is 2.43 bits per heavy atom. The fraction of sp³-hybridized carbons (Fsp3) is 0. The number of nitrogen functional groups attached to an aromatic ring is 1. The molecule has 1 aromatic heterocycles. The number of anilines is 3. The number of nitrogens with one attached hydrogen (secondary N) is 1. The lowest BCUT2D eigenvalue weighted by Gasteiger charge is -2.05. The van der Waals surface area contributed by atoms with Crippen molar-refractivity contribution < 1.29 is 0 Å². The van der Waals surface area contributed by atoms with Crippen molar-refractivity contribution in [3.8, 4) is 0 Å². The first-order chi connectivity index (χ1) is 6.84. The Labute approximate surface area is 82.6 Å². The molecule has 0 aliphatic carbocycles. The Morgan fingerprint density at radius 1 is 1.00 bits per heavy atom. The summed E-state index contributed by atoms with van der Waals surface area (Å²) in [6.07, 6.45) is 3.52. The smallest absolute Gasteiger partial charge is 0.0570 e. The lowest BCUT2D eigenvalue weighted by molar-refractivity contribution is 1.32. The molecule has 3 N–H and O–H groups in total. The van der Waals surface area contributed by atoms with Gasteiger partial charge in [-0.1, -0.05) is 0 Å². The molecule has 14 heavy (non-hydrogen) atoms. The van der Waals surface area contributed by atoms with Gasteiger partial charge >= 0.3 is 0 Å². The van der Waals surface area contributed by atoms with Gasteiger partial charge in [0.1, 0.15) is 0 Å². The molecular weight excluding hydrogens is 174 g/mol. The summed E-state index contributed by atoms with van der Waals surface area (Å²) in [6.45, 7) is 0. The largest absolute Gasteiger partial charge is 0.399 e. The van der Waals surface area contributed by atoms with Gasteiger partial charge in [0, 0.05) is 17.6 Å². The maximum Gasteiger partial charge on any atom is 0.0570 e. The summed E-state index contributed by atoms with van der Waals surface area (Å²) < 4.78 is 0. The van der Waals surface area contributed by atoms with E-state index in [2.05, 4.69) is 10.3 Å². The molecule has 2 rings (SSSR count). The van der Waals surface area contributed by atoms with Crippen molar-refractivity contribution in [2.24, 2.45) is 0 Å². The van der Waals surface area contributed by atoms with Crippen molar-refractivity contribution in [2.45, 2.75) is 0 Å². The highest BCUT2D eigenvalue weighted by molar-refractivity contribution is 5.60. The van der Waals surface area contributed by atoms with Gasteiger partial charge in [0.15, 0.2) is 0 Å². The van der Waals surface area contributed by atoms with E-state index < -0.39 is 0 Å². The molecule has 1 aromatic carbocycles. The zero-order valence-corrected chi connectivity index (χ0v) is 7.64. The quantitative estimate of drug-likeness (QED) is 0.706. The van der Waals surface area contributed by atoms with Crippen LogP contribution in [0.15, 0.2) is 48.8 Å². The third-order valence-corrected chi connectivity index (χ3v) is 1.86. The SMILES string of the molecule is Nc1ccc(Nc2cccnc2)cc1. The summed E-state index contributed by atoms with van der Waals surface area (Å²) in [5.74, 6) is 0. The fourth-order valence-electron chi connectivity index (χ4n) is 1.17. The van der Waals surface area contributed by atoms with Crippen molar-refractivity contribution in [2.75, 3.05) is 11.1 Å². The highest BCUT2D eigenvalue weighted by atomic mass is 14.9. The normalized spacial score (nSPS) is 9.71. The molecular formula is C11H11N3. The summed E-state index contributed by atoms with van der Waals surface area (Å²) >= 11 is 0. The number of hydrogen-bond donors (Lipinski definition) is 2. The van der Waals surface area contributed by atoms with Crippen LogP contribution in [0.5, 0.6) is 0 Å². The van der Waals surface area contributed by atoms with Crippen LogP contribution >= 0.6 is 0 Å². The minimum absolute atomic E-state index is 0.765. The molecule has 0 radical (unpaired) electrons. The van der Waals surface area contributed by atoms with E-state index in [-0.39, 0.29) is 0 Å². The molecule has 0 saturated carbocycles. The predicted molar refractivity (Wildman–Crippen MR) is 58.4 cm³/mol. The first-order valence-corrected chi connectivity index (χ1v) is 4.37. The van der Waals surface area contributed by atoms with Gasteiger partial charge in [-0.3, -0.25) is 4.98 Å². The third-order valence-electron chi connectivity index (χ3n) is 1.86. The fourth-order valence-corrected chi connectivity index (χ4v) is 1.17. The standard InChI is InChI=1S/C11H11N3/c12-9-3-5-10(6-4-9)14-11-2-1-7-13-8-11/h1-8,14H,12H2. The highest BCUT2D eigenvalue weighted by Crippen LogP contribution is 2.16. The summed E-state index contributed by atoms with van der Waals surface area (Å²) in [5, 5.41) is 3.21. The van der Waals surface area contributed by atoms with Gasteiger partial charge < -0.3 is 11.1 Å². The maximum absolute atomic E-state index is 5.58. The molecule has 0 saturated heterocycles. The Bertz CT molecular complexity index is 395. The third kappa shape index (κ3) is 2.01. The van der Waals surface area contributed by atoms with E-state index in [1.54, 1.807) is 12.4 Å². The van der Waals surface area contributed by atoms with Crippen LogP contribution in [0.2, 0.25) is 0 Å². The number of benzene rings is 1. The average Bonchev–Trinajstić information content (AvgIpc) is 2.23. The van der Waals surface area contributed by atoms with Gasteiger partial charge in [-0.25, -0.2) is 0 Å². The van der Waals surface area contributed by atoms with Crippen LogP contribution in [-0.2, 0) is 0 Å². The van der Waals surface area contributed by atoms with E-state index in [0.29, 0.717) is 0 Å². The van der Waals surface area contributed by atoms with E-state index >= 15 is 0 Å². The van der Waals surface area contributed by atoms with Gasteiger partial charge in [-0.05, 0) is 36.4 Å². The first-order valence-electron chi connectivity index (χ1n) is 4.37. The molecule has 0 aliphatic rings. The van der Waals surface area contributed by atoms with Crippen LogP contribution in [0.3, 0.4) is 0 Å². The molecule has 1 heterocycles. The van der Waals surface area contributed by atoms with Gasteiger partial charge in [-0.15, -0.1) is 0 Å². The van der Waals surface area contributed by atoms with Gasteiger partial charge in [0.05, 0.1) is 11.9 Å². The van der Waals surface area contributed by atoms with Crippen LogP contribution < -0.4 is 11.1 Å². The van der Waals surface area contributed by atoms with Gasteiger partial charge in [0.25, 0.3) is 0 Å². The second kappa shape index (κ2) is 3.79. The Hall–Kier alpha value is -2.03. The molecule has 3 nitrogen and oxygen atoms in total. The number of rotatable bonds is 2. The maximum atomic E-state index is 5.58. The second-order valence-electron chi connectivity index (χ2n) is 2.99. The van der Waals surface area contributed by atoms with Crippen molar-refractivity contribution >= 4 is 17.1 Å². The highest BCUT2D eigenvalue weighted by Gasteiger charge is 1.92. The van der Waals surface area contributed by atoms with E-state index in [1.165, 1.54) is 0 Å². The Kier molecular flexibility index (Phi) is 2.32. The minimum Gasteiger partial charge on any atom is -0.399 e. The van der Waals surface area contributed by atoms with E-state index in [9.17, 15) is 0 Å². The number of nitrogens with two attached hydrogens (primary N) is 1. The summed E-state index contributed by atoms with van der Waals surface area (Å²) in [6, 6.07) is 11.4. The van der Waals surface area contributed by atoms with Crippen LogP contribution in [0.25, 0.3) is 0 Å². The predicted octanol–water partition coefficient (Wildman–Crippen LogP) is 2.41. The van der Waals surface area contributed by atoms with Crippen LogP contribution in [0.1, 0.15) is 0 Å². The van der Waals surface area contributed by atoms with Crippen molar-refractivity contribution in [1.29, 1.82) is 0 Å². The van der Waals surface area contributed by atoms with Crippen LogP contribution in [0, 0.1) is 0 Å². The molecule has 0 unspecified atom stereocenters. The zero-order chi connectivity index (χ0) is 9.80. The molecule has 0 bridgehead atoms. The molecule has 0 atom stereocenters. The average molecular weight is 185 g/mol. The van der Waals surface area contributed by atoms with Crippen molar-refractivity contribution in [1.82, 2.24) is 4.98 Å². The van der Waals surface area contributed by atoms with Crippen LogP contribution in [-0.4, -0.2) is 4.98 Å². The molecule has 3 heteroatoms. The number of aromatic nitrogens is 1. The summed E-state index contributed by atoms with van der Waals surface area (Å²) in [5.41, 5.74) is 8.32. The van der Waals surface area contributed by atoms with E-state index in [4.69, 9.17) is 5.73 Å². The molecule has 2 aromatic rings. The summed E-state index contributed by atoms with van der Waals surface area (Å²) in [4.78, 5) is 4.01. The lowest BCUT2D eigenvalue weighted by atomic mass is 10.3. The summed E-state index contributed by atoms with van der Waals surface area (Å²) in [7, 11) is 0. The van der Waals surface area contributed by atoms with Crippen molar-refractivity contribution in [3.05, 3.63) is 48.8 Å². The second-order valence-corrected chi connectivity index (χ2v) is 2.99. The monoisotopic (exact) mass is 185 g/mol. The molecule has 70 valence electrons. The van der Waals surface area contributed by atoms with Crippen LogP contribution in [0.4, 0.5) is 17.1 Å². The first kappa shape index (κ1) is 8.56. The minimum atomic E-state index is 0.765. The number of pyridine rings is 1. The number of hydrogen-bond acceptors (Lipinski definition) is 3. The van der Waals surface area contributed by atoms with Crippen molar-refractivity contribution in [3.63, 3.8) is 0 Å². The lowest BCUT2D eigenvalue weighted by Crippen LogP contribution is -1.91. The Balaban J connectivity index is 2.16. The van der Waals surface area contributed by atoms with E-state index in [1.807, 2.05) is 36.4 Å². The molecule has 0 spiro atoms. The molecule has 0 amide bonds. The van der Waals surface area contributed by atoms with Gasteiger partial charge in [-0.2, -0.15) is 0 Å². The molecule has 0 fully saturated rings. The zero-order valence-electron chi connectivity index (χ0n) is 7.64. The molecule has 0 aliphatic heterocycles.